The summed E-state index contributed by atoms with van der Waals surface area (Å²) in [4.78, 5) is 10.9. The molecule has 2 N–H and O–H groups in total. The lowest BCUT2D eigenvalue weighted by Gasteiger charge is -2.20. The predicted octanol–water partition coefficient (Wildman–Crippen LogP) is 3.34. The predicted molar refractivity (Wildman–Crippen MR) is 115 cm³/mol. The minimum absolute atomic E-state index is 0.161. The Morgan fingerprint density at radius 3 is 2.79 bits per heavy atom. The smallest absolute Gasteiger partial charge is 0.191 e. The van der Waals surface area contributed by atoms with Crippen molar-refractivity contribution in [2.24, 2.45) is 4.99 Å². The van der Waals surface area contributed by atoms with Crippen molar-refractivity contribution in [3.63, 3.8) is 0 Å². The molecule has 29 heavy (non-hydrogen) atoms. The molecule has 156 valence electrons. The van der Waals surface area contributed by atoms with Crippen LogP contribution in [0.15, 0.2) is 47.6 Å². The number of halogens is 1. The lowest BCUT2D eigenvalue weighted by Crippen LogP contribution is -2.44. The Labute approximate surface area is 172 Å². The molecule has 0 spiro atoms. The average Bonchev–Trinajstić information content (AvgIpc) is 3.15. The Balaban J connectivity index is 1.58. The molecule has 3 rings (SSSR count). The van der Waals surface area contributed by atoms with E-state index in [0.29, 0.717) is 18.9 Å². The van der Waals surface area contributed by atoms with Crippen LogP contribution in [0.2, 0.25) is 0 Å². The van der Waals surface area contributed by atoms with Crippen LogP contribution in [0.5, 0.6) is 5.75 Å². The van der Waals surface area contributed by atoms with Crippen LogP contribution < -0.4 is 20.3 Å². The average molecular weight is 400 g/mol. The second-order valence-electron chi connectivity index (χ2n) is 7.39. The van der Waals surface area contributed by atoms with E-state index in [0.717, 1.165) is 36.8 Å². The second kappa shape index (κ2) is 10.1. The second-order valence-corrected chi connectivity index (χ2v) is 7.39. The molecule has 2 aromatic rings. The lowest BCUT2D eigenvalue weighted by atomic mass is 10.2. The summed E-state index contributed by atoms with van der Waals surface area (Å²) in [6.45, 7) is 8.88. The maximum absolute atomic E-state index is 14.0. The van der Waals surface area contributed by atoms with Crippen LogP contribution >= 0.6 is 0 Å². The molecular formula is C22H30FN5O. The fourth-order valence-corrected chi connectivity index (χ4v) is 3.31. The van der Waals surface area contributed by atoms with Crippen molar-refractivity contribution in [3.8, 4) is 5.75 Å². The van der Waals surface area contributed by atoms with Crippen LogP contribution in [0.4, 0.5) is 10.2 Å². The minimum Gasteiger partial charge on any atom is -0.491 e. The summed E-state index contributed by atoms with van der Waals surface area (Å²) in [5, 5.41) is 6.76. The Morgan fingerprint density at radius 2 is 2.10 bits per heavy atom. The summed E-state index contributed by atoms with van der Waals surface area (Å²) >= 11 is 0. The zero-order valence-electron chi connectivity index (χ0n) is 17.4. The molecule has 1 aromatic heterocycles. The third kappa shape index (κ3) is 6.07. The van der Waals surface area contributed by atoms with E-state index < -0.39 is 0 Å². The number of aliphatic imine (C=N–C) groups is 1. The zero-order chi connectivity index (χ0) is 20.6. The Morgan fingerprint density at radius 1 is 1.31 bits per heavy atom. The molecule has 1 aromatic carbocycles. The molecule has 0 saturated carbocycles. The minimum atomic E-state index is -0.279. The van der Waals surface area contributed by atoms with Gasteiger partial charge >= 0.3 is 0 Å². The number of nitrogens with zero attached hydrogens (tertiary/aromatic N) is 3. The van der Waals surface area contributed by atoms with E-state index in [1.54, 1.807) is 12.3 Å². The van der Waals surface area contributed by atoms with Crippen molar-refractivity contribution < 1.29 is 9.13 Å². The van der Waals surface area contributed by atoms with Crippen LogP contribution in [0, 0.1) is 5.82 Å². The first-order valence-corrected chi connectivity index (χ1v) is 10.2. The van der Waals surface area contributed by atoms with Crippen molar-refractivity contribution in [3.05, 3.63) is 54.0 Å². The van der Waals surface area contributed by atoms with Crippen molar-refractivity contribution in [2.75, 3.05) is 24.5 Å². The van der Waals surface area contributed by atoms with Crippen molar-refractivity contribution >= 4 is 11.8 Å². The van der Waals surface area contributed by atoms with Crippen LogP contribution in [-0.4, -0.2) is 42.7 Å². The molecule has 1 atom stereocenters. The first-order chi connectivity index (χ1) is 14.0. The number of ether oxygens (including phenoxy) is 1. The number of aromatic nitrogens is 1. The van der Waals surface area contributed by atoms with E-state index in [1.807, 2.05) is 49.9 Å². The van der Waals surface area contributed by atoms with E-state index in [2.05, 4.69) is 15.6 Å². The highest BCUT2D eigenvalue weighted by Crippen LogP contribution is 2.20. The molecule has 0 aliphatic carbocycles. The summed E-state index contributed by atoms with van der Waals surface area (Å²) in [6.07, 6.45) is 2.69. The molecule has 1 unspecified atom stereocenters. The van der Waals surface area contributed by atoms with Gasteiger partial charge in [-0.2, -0.15) is 0 Å². The molecular weight excluding hydrogens is 369 g/mol. The summed E-state index contributed by atoms with van der Waals surface area (Å²) < 4.78 is 19.7. The molecule has 1 aliphatic heterocycles. The van der Waals surface area contributed by atoms with E-state index in [1.165, 1.54) is 6.07 Å². The molecule has 1 fully saturated rings. The number of guanidine groups is 1. The van der Waals surface area contributed by atoms with Gasteiger partial charge in [0.1, 0.15) is 5.75 Å². The standard InChI is InChI=1S/C22H30FN5O/c1-4-24-22(26-14-17-7-9-19(10-8-17)29-16(2)3)27-18-11-13-28(15-18)21-20(23)6-5-12-25-21/h5-10,12,16,18H,4,11,13-15H2,1-3H3,(H2,24,26,27). The van der Waals surface area contributed by atoms with Crippen LogP contribution in [0.25, 0.3) is 0 Å². The quantitative estimate of drug-likeness (QED) is 0.552. The van der Waals surface area contributed by atoms with Crippen LogP contribution in [-0.2, 0) is 6.54 Å². The Bertz CT molecular complexity index is 809. The van der Waals surface area contributed by atoms with Gasteiger partial charge in [0.25, 0.3) is 0 Å². The zero-order valence-corrected chi connectivity index (χ0v) is 17.4. The summed E-state index contributed by atoms with van der Waals surface area (Å²) in [5.74, 6) is 1.77. The number of pyridine rings is 1. The highest BCUT2D eigenvalue weighted by molar-refractivity contribution is 5.80. The van der Waals surface area contributed by atoms with Crippen molar-refractivity contribution in [1.29, 1.82) is 0 Å². The fraction of sp³-hybridized carbons (Fsp3) is 0.455. The Kier molecular flexibility index (Phi) is 7.27. The summed E-state index contributed by atoms with van der Waals surface area (Å²) in [7, 11) is 0. The maximum Gasteiger partial charge on any atom is 0.191 e. The van der Waals surface area contributed by atoms with Crippen molar-refractivity contribution in [1.82, 2.24) is 15.6 Å². The molecule has 0 bridgehead atoms. The number of hydrogen-bond acceptors (Lipinski definition) is 4. The van der Waals surface area contributed by atoms with Gasteiger partial charge in [0.15, 0.2) is 17.6 Å². The van der Waals surface area contributed by atoms with Gasteiger partial charge in [0.2, 0.25) is 0 Å². The van der Waals surface area contributed by atoms with Gasteiger partial charge < -0.3 is 20.3 Å². The van der Waals surface area contributed by atoms with Gasteiger partial charge in [-0.3, -0.25) is 0 Å². The van der Waals surface area contributed by atoms with E-state index in [-0.39, 0.29) is 18.0 Å². The first-order valence-electron chi connectivity index (χ1n) is 10.2. The largest absolute Gasteiger partial charge is 0.491 e. The van der Waals surface area contributed by atoms with Gasteiger partial charge in [-0.05, 0) is 57.0 Å². The van der Waals surface area contributed by atoms with Crippen molar-refractivity contribution in [2.45, 2.75) is 45.9 Å². The summed E-state index contributed by atoms with van der Waals surface area (Å²) in [5.41, 5.74) is 1.11. The van der Waals surface area contributed by atoms with E-state index >= 15 is 0 Å². The number of rotatable bonds is 7. The monoisotopic (exact) mass is 399 g/mol. The number of hydrogen-bond donors (Lipinski definition) is 2. The SMILES string of the molecule is CCNC(=NCc1ccc(OC(C)C)cc1)NC1CCN(c2ncccc2F)C1. The normalized spacial score (nSPS) is 16.9. The molecule has 2 heterocycles. The molecule has 1 aliphatic rings. The fourth-order valence-electron chi connectivity index (χ4n) is 3.31. The van der Waals surface area contributed by atoms with Gasteiger partial charge in [-0.25, -0.2) is 14.4 Å². The summed E-state index contributed by atoms with van der Waals surface area (Å²) in [6, 6.07) is 11.3. The maximum atomic E-state index is 14.0. The van der Waals surface area contributed by atoms with Crippen LogP contribution in [0.3, 0.4) is 0 Å². The van der Waals surface area contributed by atoms with E-state index in [9.17, 15) is 4.39 Å². The van der Waals surface area contributed by atoms with Gasteiger partial charge in [-0.15, -0.1) is 0 Å². The molecule has 0 amide bonds. The number of anilines is 1. The number of nitrogens with one attached hydrogen (secondary N) is 2. The third-order valence-corrected chi connectivity index (χ3v) is 4.63. The molecule has 7 heteroatoms. The molecule has 1 saturated heterocycles. The highest BCUT2D eigenvalue weighted by atomic mass is 19.1. The lowest BCUT2D eigenvalue weighted by molar-refractivity contribution is 0.242. The molecule has 6 nitrogen and oxygen atoms in total. The highest BCUT2D eigenvalue weighted by Gasteiger charge is 2.25. The van der Waals surface area contributed by atoms with Gasteiger partial charge in [0, 0.05) is 31.9 Å². The van der Waals surface area contributed by atoms with Gasteiger partial charge in [0.05, 0.1) is 12.6 Å². The molecule has 0 radical (unpaired) electrons. The number of benzene rings is 1. The van der Waals surface area contributed by atoms with Gasteiger partial charge in [-0.1, -0.05) is 12.1 Å². The Hall–Kier alpha value is -2.83. The van der Waals surface area contributed by atoms with E-state index in [4.69, 9.17) is 9.73 Å². The third-order valence-electron chi connectivity index (χ3n) is 4.63. The first kappa shape index (κ1) is 20.9. The van der Waals surface area contributed by atoms with Crippen LogP contribution in [0.1, 0.15) is 32.8 Å². The topological polar surface area (TPSA) is 61.8 Å².